The molecule has 3 aromatic rings. The Morgan fingerprint density at radius 3 is 2.50 bits per heavy atom. The highest BCUT2D eigenvalue weighted by molar-refractivity contribution is 5.99. The number of hydrogen-bond acceptors (Lipinski definition) is 5. The Balaban J connectivity index is 1.39. The van der Waals surface area contributed by atoms with Crippen molar-refractivity contribution in [2.24, 2.45) is 5.73 Å². The van der Waals surface area contributed by atoms with Gasteiger partial charge in [-0.15, -0.1) is 0 Å². The van der Waals surface area contributed by atoms with Crippen LogP contribution in [0.4, 0.5) is 8.78 Å². The second-order valence-corrected chi connectivity index (χ2v) is 10.7. The van der Waals surface area contributed by atoms with Gasteiger partial charge in [-0.3, -0.25) is 14.7 Å². The SMILES string of the molecule is C[C@@H]1CN(Cc2ccc(-c3cccnc3C(=O)N3CCC(N)CC3c3ccc(F)c(F)c3)cc2)C[C@H](C)N1. The molecule has 0 aliphatic carbocycles. The lowest BCUT2D eigenvalue weighted by Crippen LogP contribution is -2.53. The van der Waals surface area contributed by atoms with Crippen molar-refractivity contribution in [3.05, 3.63) is 89.2 Å². The van der Waals surface area contributed by atoms with Gasteiger partial charge in [-0.2, -0.15) is 0 Å². The summed E-state index contributed by atoms with van der Waals surface area (Å²) in [7, 11) is 0. The van der Waals surface area contributed by atoms with E-state index < -0.39 is 17.7 Å². The van der Waals surface area contributed by atoms with Gasteiger partial charge in [0.05, 0.1) is 6.04 Å². The number of aromatic nitrogens is 1. The molecule has 0 saturated carbocycles. The van der Waals surface area contributed by atoms with Crippen molar-refractivity contribution in [2.45, 2.75) is 57.4 Å². The number of benzene rings is 2. The van der Waals surface area contributed by atoms with Gasteiger partial charge in [0.25, 0.3) is 5.91 Å². The Morgan fingerprint density at radius 1 is 1.05 bits per heavy atom. The van der Waals surface area contributed by atoms with Crippen molar-refractivity contribution in [2.75, 3.05) is 19.6 Å². The van der Waals surface area contributed by atoms with E-state index in [0.29, 0.717) is 42.7 Å². The molecule has 1 amide bonds. The summed E-state index contributed by atoms with van der Waals surface area (Å²) in [4.78, 5) is 22.5. The van der Waals surface area contributed by atoms with Gasteiger partial charge in [0.2, 0.25) is 0 Å². The lowest BCUT2D eigenvalue weighted by atomic mass is 9.91. The van der Waals surface area contributed by atoms with Crippen molar-refractivity contribution in [3.8, 4) is 11.1 Å². The molecular weight excluding hydrogens is 484 g/mol. The number of halogens is 2. The number of nitrogens with two attached hydrogens (primary N) is 1. The Labute approximate surface area is 222 Å². The maximum absolute atomic E-state index is 14.1. The van der Waals surface area contributed by atoms with E-state index in [2.05, 4.69) is 41.2 Å². The van der Waals surface area contributed by atoms with Crippen LogP contribution in [0.3, 0.4) is 0 Å². The van der Waals surface area contributed by atoms with Crippen LogP contribution in [0.5, 0.6) is 0 Å². The topological polar surface area (TPSA) is 74.5 Å². The predicted octanol–water partition coefficient (Wildman–Crippen LogP) is 4.51. The average molecular weight is 520 g/mol. The number of carbonyl (C=O) groups excluding carboxylic acids is 1. The van der Waals surface area contributed by atoms with Crippen molar-refractivity contribution in [3.63, 3.8) is 0 Å². The Hall–Kier alpha value is -3.20. The number of piperidine rings is 1. The van der Waals surface area contributed by atoms with Crippen LogP contribution in [0.15, 0.2) is 60.8 Å². The minimum atomic E-state index is -0.933. The fourth-order valence-corrected chi connectivity index (χ4v) is 5.83. The molecule has 2 aliphatic rings. The van der Waals surface area contributed by atoms with Gasteiger partial charge in [0.15, 0.2) is 11.6 Å². The summed E-state index contributed by atoms with van der Waals surface area (Å²) in [5.41, 5.74) is 9.96. The zero-order chi connectivity index (χ0) is 26.8. The number of nitrogens with zero attached hydrogens (tertiary/aromatic N) is 3. The van der Waals surface area contributed by atoms with Crippen LogP contribution in [-0.2, 0) is 6.54 Å². The normalized spacial score (nSPS) is 24.4. The first-order valence-corrected chi connectivity index (χ1v) is 13.3. The summed E-state index contributed by atoms with van der Waals surface area (Å²) in [5.74, 6) is -2.09. The maximum Gasteiger partial charge on any atom is 0.273 e. The van der Waals surface area contributed by atoms with E-state index in [4.69, 9.17) is 5.73 Å². The number of amides is 1. The molecular formula is C30H35F2N5O. The van der Waals surface area contributed by atoms with Crippen LogP contribution in [0.25, 0.3) is 11.1 Å². The summed E-state index contributed by atoms with van der Waals surface area (Å²) in [6.07, 6.45) is 2.71. The molecule has 2 aromatic carbocycles. The summed E-state index contributed by atoms with van der Waals surface area (Å²) in [6.45, 7) is 7.72. The summed E-state index contributed by atoms with van der Waals surface area (Å²) in [5, 5.41) is 3.56. The molecule has 3 N–H and O–H groups in total. The summed E-state index contributed by atoms with van der Waals surface area (Å²) in [6, 6.07) is 16.1. The maximum atomic E-state index is 14.1. The first kappa shape index (κ1) is 26.4. The first-order chi connectivity index (χ1) is 18.3. The second kappa shape index (κ2) is 11.3. The van der Waals surface area contributed by atoms with Gasteiger partial charge in [-0.1, -0.05) is 36.4 Å². The molecule has 200 valence electrons. The third-order valence-electron chi connectivity index (χ3n) is 7.55. The molecule has 0 bridgehead atoms. The summed E-state index contributed by atoms with van der Waals surface area (Å²) < 4.78 is 27.7. The fourth-order valence-electron chi connectivity index (χ4n) is 5.83. The van der Waals surface area contributed by atoms with E-state index in [0.717, 1.165) is 42.9 Å². The zero-order valence-corrected chi connectivity index (χ0v) is 21.9. The second-order valence-electron chi connectivity index (χ2n) is 10.7. The fraction of sp³-hybridized carbons (Fsp3) is 0.400. The molecule has 6 nitrogen and oxygen atoms in total. The highest BCUT2D eigenvalue weighted by Gasteiger charge is 2.34. The minimum Gasteiger partial charge on any atom is -0.330 e. The van der Waals surface area contributed by atoms with Crippen LogP contribution in [0, 0.1) is 11.6 Å². The van der Waals surface area contributed by atoms with E-state index in [1.54, 1.807) is 11.1 Å². The largest absolute Gasteiger partial charge is 0.330 e. The standard InChI is InChI=1S/C30H35F2N5O/c1-19-16-36(17-20(2)35-19)18-21-5-7-22(8-6-21)25-4-3-12-34-29(25)30(38)37-13-11-24(33)15-28(37)23-9-10-26(31)27(32)14-23/h3-10,12,14,19-20,24,28,35H,11,13,15-18,33H2,1-2H3/t19-,20+,24?,28?. The molecule has 38 heavy (non-hydrogen) atoms. The van der Waals surface area contributed by atoms with E-state index in [1.807, 2.05) is 24.3 Å². The van der Waals surface area contributed by atoms with Crippen LogP contribution < -0.4 is 11.1 Å². The van der Waals surface area contributed by atoms with Gasteiger partial charge < -0.3 is 16.0 Å². The monoisotopic (exact) mass is 519 g/mol. The Kier molecular flexibility index (Phi) is 7.83. The van der Waals surface area contributed by atoms with Crippen LogP contribution in [0.1, 0.15) is 54.3 Å². The molecule has 2 fully saturated rings. The predicted molar refractivity (Wildman–Crippen MR) is 144 cm³/mol. The number of rotatable bonds is 5. The van der Waals surface area contributed by atoms with E-state index in [9.17, 15) is 13.6 Å². The van der Waals surface area contributed by atoms with Crippen molar-refractivity contribution in [1.29, 1.82) is 0 Å². The van der Waals surface area contributed by atoms with E-state index >= 15 is 0 Å². The zero-order valence-electron chi connectivity index (χ0n) is 21.9. The average Bonchev–Trinajstić information content (AvgIpc) is 2.90. The molecule has 0 radical (unpaired) electrons. The molecule has 5 rings (SSSR count). The lowest BCUT2D eigenvalue weighted by Gasteiger charge is -2.38. The number of pyridine rings is 1. The highest BCUT2D eigenvalue weighted by Crippen LogP contribution is 2.34. The molecule has 0 spiro atoms. The lowest BCUT2D eigenvalue weighted by molar-refractivity contribution is 0.0587. The third kappa shape index (κ3) is 5.77. The molecule has 3 heterocycles. The van der Waals surface area contributed by atoms with Gasteiger partial charge in [0, 0.05) is 56.1 Å². The number of likely N-dealkylation sites (tertiary alicyclic amines) is 1. The smallest absolute Gasteiger partial charge is 0.273 e. The molecule has 1 aromatic heterocycles. The van der Waals surface area contributed by atoms with Crippen LogP contribution >= 0.6 is 0 Å². The number of carbonyl (C=O) groups is 1. The molecule has 2 aliphatic heterocycles. The van der Waals surface area contributed by atoms with E-state index in [1.165, 1.54) is 11.6 Å². The van der Waals surface area contributed by atoms with Gasteiger partial charge in [0.1, 0.15) is 5.69 Å². The van der Waals surface area contributed by atoms with Crippen LogP contribution in [-0.4, -0.2) is 58.5 Å². The van der Waals surface area contributed by atoms with E-state index in [-0.39, 0.29) is 11.9 Å². The van der Waals surface area contributed by atoms with Crippen molar-refractivity contribution in [1.82, 2.24) is 20.1 Å². The van der Waals surface area contributed by atoms with Crippen molar-refractivity contribution >= 4 is 5.91 Å². The molecule has 8 heteroatoms. The van der Waals surface area contributed by atoms with Crippen molar-refractivity contribution < 1.29 is 13.6 Å². The minimum absolute atomic E-state index is 0.130. The molecule has 2 unspecified atom stereocenters. The van der Waals surface area contributed by atoms with Gasteiger partial charge in [-0.05, 0) is 61.6 Å². The molecule has 4 atom stereocenters. The number of hydrogen-bond donors (Lipinski definition) is 2. The highest BCUT2D eigenvalue weighted by atomic mass is 19.2. The van der Waals surface area contributed by atoms with Gasteiger partial charge >= 0.3 is 0 Å². The number of nitrogens with one attached hydrogen (secondary N) is 1. The van der Waals surface area contributed by atoms with Crippen LogP contribution in [0.2, 0.25) is 0 Å². The quantitative estimate of drug-likeness (QED) is 0.519. The summed E-state index contributed by atoms with van der Waals surface area (Å²) >= 11 is 0. The third-order valence-corrected chi connectivity index (χ3v) is 7.55. The Bertz CT molecular complexity index is 1270. The Morgan fingerprint density at radius 2 is 1.79 bits per heavy atom. The van der Waals surface area contributed by atoms with Gasteiger partial charge in [-0.25, -0.2) is 8.78 Å². The number of piperazine rings is 1. The molecule has 2 saturated heterocycles. The first-order valence-electron chi connectivity index (χ1n) is 13.3.